The summed E-state index contributed by atoms with van der Waals surface area (Å²) in [7, 11) is 1.67. The van der Waals surface area contributed by atoms with Crippen LogP contribution in [0.3, 0.4) is 0 Å². The van der Waals surface area contributed by atoms with Crippen molar-refractivity contribution in [3.05, 3.63) is 40.5 Å². The van der Waals surface area contributed by atoms with Crippen LogP contribution in [-0.2, 0) is 11.3 Å². The van der Waals surface area contributed by atoms with Crippen molar-refractivity contribution in [2.75, 3.05) is 19.0 Å². The molecular formula is C15H18BrN3O2. The molecule has 0 aliphatic heterocycles. The summed E-state index contributed by atoms with van der Waals surface area (Å²) in [5.41, 5.74) is 1.05. The largest absolute Gasteiger partial charge is 0.438 e. The van der Waals surface area contributed by atoms with Crippen molar-refractivity contribution in [3.63, 3.8) is 0 Å². The van der Waals surface area contributed by atoms with Gasteiger partial charge in [-0.15, -0.1) is 0 Å². The van der Waals surface area contributed by atoms with Crippen molar-refractivity contribution in [2.45, 2.75) is 20.0 Å². The van der Waals surface area contributed by atoms with Crippen LogP contribution < -0.4 is 10.1 Å². The van der Waals surface area contributed by atoms with Crippen molar-refractivity contribution >= 4 is 21.9 Å². The number of methoxy groups -OCH3 is 1. The standard InChI is InChI=1S/C15H18BrN3O2/c1-3-7-17-15-18-9-13(16)14(19-15)21-12-6-4-5-11(8-12)10-20-2/h4-6,8-9H,3,7,10H2,1-2H3,(H,17,18,19). The fourth-order valence-corrected chi connectivity index (χ4v) is 1.99. The number of hydrogen-bond acceptors (Lipinski definition) is 5. The van der Waals surface area contributed by atoms with Crippen LogP contribution in [0.4, 0.5) is 5.95 Å². The van der Waals surface area contributed by atoms with E-state index in [0.717, 1.165) is 18.5 Å². The zero-order valence-corrected chi connectivity index (χ0v) is 13.7. The quantitative estimate of drug-likeness (QED) is 0.816. The van der Waals surface area contributed by atoms with Crippen molar-refractivity contribution in [1.29, 1.82) is 0 Å². The maximum Gasteiger partial charge on any atom is 0.238 e. The second kappa shape index (κ2) is 7.95. The van der Waals surface area contributed by atoms with E-state index in [9.17, 15) is 0 Å². The number of benzene rings is 1. The predicted molar refractivity (Wildman–Crippen MR) is 85.7 cm³/mol. The minimum atomic E-state index is 0.484. The summed E-state index contributed by atoms with van der Waals surface area (Å²) in [4.78, 5) is 8.55. The van der Waals surface area contributed by atoms with E-state index in [0.29, 0.717) is 28.7 Å². The molecule has 21 heavy (non-hydrogen) atoms. The van der Waals surface area contributed by atoms with E-state index in [4.69, 9.17) is 9.47 Å². The van der Waals surface area contributed by atoms with Crippen LogP contribution >= 0.6 is 15.9 Å². The molecule has 0 radical (unpaired) electrons. The van der Waals surface area contributed by atoms with Gasteiger partial charge in [-0.05, 0) is 40.0 Å². The number of nitrogens with zero attached hydrogens (tertiary/aromatic N) is 2. The van der Waals surface area contributed by atoms with E-state index in [2.05, 4.69) is 38.1 Å². The molecular weight excluding hydrogens is 334 g/mol. The molecule has 0 amide bonds. The molecule has 0 saturated carbocycles. The maximum absolute atomic E-state index is 5.82. The molecule has 0 bridgehead atoms. The fraction of sp³-hybridized carbons (Fsp3) is 0.333. The lowest BCUT2D eigenvalue weighted by molar-refractivity contribution is 0.184. The third-order valence-corrected chi connectivity index (χ3v) is 3.21. The zero-order chi connectivity index (χ0) is 15.1. The normalized spacial score (nSPS) is 10.4. The molecule has 0 fully saturated rings. The highest BCUT2D eigenvalue weighted by Crippen LogP contribution is 2.28. The monoisotopic (exact) mass is 351 g/mol. The fourth-order valence-electron chi connectivity index (χ4n) is 1.72. The van der Waals surface area contributed by atoms with Crippen LogP contribution in [0.15, 0.2) is 34.9 Å². The number of aromatic nitrogens is 2. The van der Waals surface area contributed by atoms with Gasteiger partial charge in [-0.2, -0.15) is 4.98 Å². The Kier molecular flexibility index (Phi) is 5.95. The highest BCUT2D eigenvalue weighted by atomic mass is 79.9. The van der Waals surface area contributed by atoms with Crippen LogP contribution in [-0.4, -0.2) is 23.6 Å². The van der Waals surface area contributed by atoms with Crippen LogP contribution in [0.25, 0.3) is 0 Å². The van der Waals surface area contributed by atoms with Crippen LogP contribution in [0, 0.1) is 0 Å². The third-order valence-electron chi connectivity index (χ3n) is 2.67. The Bertz CT molecular complexity index is 593. The molecule has 2 aromatic rings. The molecule has 0 saturated heterocycles. The third kappa shape index (κ3) is 4.68. The van der Waals surface area contributed by atoms with Gasteiger partial charge < -0.3 is 14.8 Å². The first kappa shape index (κ1) is 15.7. The van der Waals surface area contributed by atoms with Crippen LogP contribution in [0.1, 0.15) is 18.9 Å². The molecule has 112 valence electrons. The first-order valence-corrected chi connectivity index (χ1v) is 7.54. The minimum absolute atomic E-state index is 0.484. The average molecular weight is 352 g/mol. The molecule has 0 aliphatic rings. The van der Waals surface area contributed by atoms with Gasteiger partial charge in [0.1, 0.15) is 5.75 Å². The lowest BCUT2D eigenvalue weighted by atomic mass is 10.2. The van der Waals surface area contributed by atoms with Gasteiger partial charge in [-0.3, -0.25) is 0 Å². The summed E-state index contributed by atoms with van der Waals surface area (Å²) in [6.45, 7) is 3.46. The van der Waals surface area contributed by atoms with Crippen molar-refractivity contribution in [2.24, 2.45) is 0 Å². The SMILES string of the molecule is CCCNc1ncc(Br)c(Oc2cccc(COC)c2)n1. The Balaban J connectivity index is 2.16. The van der Waals surface area contributed by atoms with E-state index >= 15 is 0 Å². The highest BCUT2D eigenvalue weighted by Gasteiger charge is 2.08. The van der Waals surface area contributed by atoms with E-state index in [1.54, 1.807) is 13.3 Å². The number of rotatable bonds is 7. The molecule has 1 aromatic carbocycles. The Hall–Kier alpha value is -1.66. The van der Waals surface area contributed by atoms with Gasteiger partial charge in [-0.1, -0.05) is 19.1 Å². The first-order chi connectivity index (χ1) is 10.2. The molecule has 1 N–H and O–H groups in total. The summed E-state index contributed by atoms with van der Waals surface area (Å²) in [5.74, 6) is 1.76. The second-order valence-electron chi connectivity index (χ2n) is 4.46. The van der Waals surface area contributed by atoms with Gasteiger partial charge in [0.05, 0.1) is 17.3 Å². The van der Waals surface area contributed by atoms with Gasteiger partial charge in [0.15, 0.2) is 0 Å². The van der Waals surface area contributed by atoms with E-state index in [1.807, 2.05) is 24.3 Å². The topological polar surface area (TPSA) is 56.3 Å². The van der Waals surface area contributed by atoms with Gasteiger partial charge in [-0.25, -0.2) is 4.98 Å². The number of hydrogen-bond donors (Lipinski definition) is 1. The molecule has 0 spiro atoms. The average Bonchev–Trinajstić information content (AvgIpc) is 2.49. The molecule has 0 aliphatic carbocycles. The minimum Gasteiger partial charge on any atom is -0.438 e. The van der Waals surface area contributed by atoms with Gasteiger partial charge in [0.2, 0.25) is 11.8 Å². The first-order valence-electron chi connectivity index (χ1n) is 6.75. The van der Waals surface area contributed by atoms with E-state index in [1.165, 1.54) is 0 Å². The number of anilines is 1. The summed E-state index contributed by atoms with van der Waals surface area (Å²) >= 11 is 3.40. The Morgan fingerprint density at radius 3 is 2.95 bits per heavy atom. The summed E-state index contributed by atoms with van der Waals surface area (Å²) in [5, 5.41) is 3.14. The van der Waals surface area contributed by atoms with Gasteiger partial charge >= 0.3 is 0 Å². The van der Waals surface area contributed by atoms with Crippen molar-refractivity contribution in [1.82, 2.24) is 9.97 Å². The Morgan fingerprint density at radius 2 is 2.19 bits per heavy atom. The summed E-state index contributed by atoms with van der Waals surface area (Å²) in [6.07, 6.45) is 2.69. The molecule has 1 aromatic heterocycles. The predicted octanol–water partition coefficient (Wildman–Crippen LogP) is 4.00. The molecule has 0 unspecified atom stereocenters. The molecule has 5 nitrogen and oxygen atoms in total. The van der Waals surface area contributed by atoms with Crippen LogP contribution in [0.2, 0.25) is 0 Å². The highest BCUT2D eigenvalue weighted by molar-refractivity contribution is 9.10. The lowest BCUT2D eigenvalue weighted by Gasteiger charge is -2.10. The van der Waals surface area contributed by atoms with E-state index < -0.39 is 0 Å². The van der Waals surface area contributed by atoms with E-state index in [-0.39, 0.29) is 0 Å². The molecule has 6 heteroatoms. The molecule has 0 atom stereocenters. The Morgan fingerprint density at radius 1 is 1.33 bits per heavy atom. The number of nitrogens with one attached hydrogen (secondary N) is 1. The van der Waals surface area contributed by atoms with Gasteiger partial charge in [0, 0.05) is 13.7 Å². The van der Waals surface area contributed by atoms with Crippen molar-refractivity contribution in [3.8, 4) is 11.6 Å². The molecule has 1 heterocycles. The molecule has 2 rings (SSSR count). The lowest BCUT2D eigenvalue weighted by Crippen LogP contribution is -2.05. The van der Waals surface area contributed by atoms with Crippen molar-refractivity contribution < 1.29 is 9.47 Å². The number of halogens is 1. The Labute approximate surface area is 132 Å². The second-order valence-corrected chi connectivity index (χ2v) is 5.31. The smallest absolute Gasteiger partial charge is 0.238 e. The zero-order valence-electron chi connectivity index (χ0n) is 12.1. The van der Waals surface area contributed by atoms with Gasteiger partial charge in [0.25, 0.3) is 0 Å². The number of ether oxygens (including phenoxy) is 2. The van der Waals surface area contributed by atoms with Crippen LogP contribution in [0.5, 0.6) is 11.6 Å². The maximum atomic E-state index is 5.82. The summed E-state index contributed by atoms with van der Waals surface area (Å²) < 4.78 is 11.7. The summed E-state index contributed by atoms with van der Waals surface area (Å²) in [6, 6.07) is 7.72.